The Bertz CT molecular complexity index is 578. The van der Waals surface area contributed by atoms with Crippen molar-refractivity contribution >= 4 is 22.3 Å². The fourth-order valence-corrected chi connectivity index (χ4v) is 2.50. The van der Waals surface area contributed by atoms with Crippen molar-refractivity contribution in [2.45, 2.75) is 13.3 Å². The normalized spacial score (nSPS) is 10.4. The van der Waals surface area contributed by atoms with Crippen molar-refractivity contribution in [3.05, 3.63) is 41.0 Å². The van der Waals surface area contributed by atoms with E-state index in [4.69, 9.17) is 10.5 Å². The van der Waals surface area contributed by atoms with Gasteiger partial charge in [-0.3, -0.25) is 0 Å². The molecule has 2 aromatic rings. The largest absolute Gasteiger partial charge is 0.462 e. The van der Waals surface area contributed by atoms with Gasteiger partial charge in [0.1, 0.15) is 16.4 Å². The number of carbonyl (C=O) groups is 1. The van der Waals surface area contributed by atoms with Crippen LogP contribution in [0.5, 0.6) is 0 Å². The first-order chi connectivity index (χ1) is 9.13. The van der Waals surface area contributed by atoms with Crippen molar-refractivity contribution in [3.63, 3.8) is 0 Å². The monoisotopic (exact) mass is 279 g/mol. The summed E-state index contributed by atoms with van der Waals surface area (Å²) in [6.45, 7) is 2.28. The molecular formula is C14H14FNO2S. The minimum Gasteiger partial charge on any atom is -0.462 e. The maximum absolute atomic E-state index is 12.9. The average Bonchev–Trinajstić information content (AvgIpc) is 2.79. The quantitative estimate of drug-likeness (QED) is 0.868. The second-order valence-electron chi connectivity index (χ2n) is 4.03. The Morgan fingerprint density at radius 2 is 2.05 bits per heavy atom. The summed E-state index contributed by atoms with van der Waals surface area (Å²) in [6.07, 6.45) is 0.752. The van der Waals surface area contributed by atoms with Gasteiger partial charge in [0.15, 0.2) is 0 Å². The highest BCUT2D eigenvalue weighted by Gasteiger charge is 2.19. The maximum Gasteiger partial charge on any atom is 0.341 e. The molecule has 100 valence electrons. The van der Waals surface area contributed by atoms with Crippen LogP contribution in [0, 0.1) is 5.82 Å². The van der Waals surface area contributed by atoms with Crippen LogP contribution in [-0.2, 0) is 4.74 Å². The van der Waals surface area contributed by atoms with Crippen molar-refractivity contribution < 1.29 is 13.9 Å². The number of hydrogen-bond donors (Lipinski definition) is 1. The van der Waals surface area contributed by atoms with Gasteiger partial charge in [0, 0.05) is 10.9 Å². The third-order valence-electron chi connectivity index (χ3n) is 2.62. The van der Waals surface area contributed by atoms with Crippen LogP contribution in [0.25, 0.3) is 11.1 Å². The second kappa shape index (κ2) is 5.84. The number of halogens is 1. The summed E-state index contributed by atoms with van der Waals surface area (Å²) in [5.74, 6) is -0.748. The first-order valence-electron chi connectivity index (χ1n) is 5.93. The summed E-state index contributed by atoms with van der Waals surface area (Å²) in [4.78, 5) is 12.0. The standard InChI is InChI=1S/C14H14FNO2S/c1-2-7-18-14(17)12-11(8-19-13(12)16)9-3-5-10(15)6-4-9/h3-6,8H,2,7,16H2,1H3. The molecule has 0 radical (unpaired) electrons. The summed E-state index contributed by atoms with van der Waals surface area (Å²) in [5.41, 5.74) is 7.62. The molecule has 2 rings (SSSR count). The molecule has 0 spiro atoms. The zero-order valence-corrected chi connectivity index (χ0v) is 11.3. The molecule has 1 aromatic carbocycles. The van der Waals surface area contributed by atoms with Gasteiger partial charge in [-0.25, -0.2) is 9.18 Å². The number of carbonyl (C=O) groups excluding carboxylic acids is 1. The number of rotatable bonds is 4. The van der Waals surface area contributed by atoms with E-state index in [1.165, 1.54) is 23.5 Å². The lowest BCUT2D eigenvalue weighted by molar-refractivity contribution is 0.0508. The van der Waals surface area contributed by atoms with E-state index in [9.17, 15) is 9.18 Å². The topological polar surface area (TPSA) is 52.3 Å². The molecule has 0 unspecified atom stereocenters. The van der Waals surface area contributed by atoms with E-state index in [0.717, 1.165) is 12.0 Å². The van der Waals surface area contributed by atoms with E-state index in [0.29, 0.717) is 22.7 Å². The van der Waals surface area contributed by atoms with E-state index in [-0.39, 0.29) is 5.82 Å². The van der Waals surface area contributed by atoms with E-state index >= 15 is 0 Å². The number of anilines is 1. The van der Waals surface area contributed by atoms with Gasteiger partial charge in [0.25, 0.3) is 0 Å². The molecule has 0 bridgehead atoms. The van der Waals surface area contributed by atoms with Crippen LogP contribution in [0.1, 0.15) is 23.7 Å². The van der Waals surface area contributed by atoms with Gasteiger partial charge in [-0.2, -0.15) is 0 Å². The van der Waals surface area contributed by atoms with Gasteiger partial charge >= 0.3 is 5.97 Å². The maximum atomic E-state index is 12.9. The number of benzene rings is 1. The molecule has 0 aliphatic rings. The number of nitrogens with two attached hydrogens (primary N) is 1. The summed E-state index contributed by atoms with van der Waals surface area (Å²) >= 11 is 1.28. The summed E-state index contributed by atoms with van der Waals surface area (Å²) < 4.78 is 18.0. The number of esters is 1. The second-order valence-corrected chi connectivity index (χ2v) is 4.94. The summed E-state index contributed by atoms with van der Waals surface area (Å²) in [7, 11) is 0. The van der Waals surface area contributed by atoms with Gasteiger partial charge in [-0.15, -0.1) is 11.3 Å². The first kappa shape index (κ1) is 13.5. The molecule has 1 aromatic heterocycles. The van der Waals surface area contributed by atoms with Crippen LogP contribution in [0.2, 0.25) is 0 Å². The van der Waals surface area contributed by atoms with Gasteiger partial charge in [-0.05, 0) is 24.1 Å². The molecule has 0 saturated heterocycles. The number of thiophene rings is 1. The zero-order valence-electron chi connectivity index (χ0n) is 10.5. The van der Waals surface area contributed by atoms with Crippen molar-refractivity contribution in [3.8, 4) is 11.1 Å². The molecule has 0 atom stereocenters. The molecule has 0 amide bonds. The summed E-state index contributed by atoms with van der Waals surface area (Å²) in [6, 6.07) is 5.94. The van der Waals surface area contributed by atoms with Gasteiger partial charge < -0.3 is 10.5 Å². The molecule has 0 aliphatic heterocycles. The zero-order chi connectivity index (χ0) is 13.8. The molecule has 19 heavy (non-hydrogen) atoms. The molecule has 3 nitrogen and oxygen atoms in total. The van der Waals surface area contributed by atoms with Crippen molar-refractivity contribution in [2.24, 2.45) is 0 Å². The van der Waals surface area contributed by atoms with Crippen LogP contribution in [0.3, 0.4) is 0 Å². The lowest BCUT2D eigenvalue weighted by Gasteiger charge is -2.06. The molecule has 5 heteroatoms. The van der Waals surface area contributed by atoms with Gasteiger partial charge in [0.2, 0.25) is 0 Å². The third-order valence-corrected chi connectivity index (χ3v) is 3.43. The number of nitrogen functional groups attached to an aromatic ring is 1. The number of hydrogen-bond acceptors (Lipinski definition) is 4. The molecule has 0 fully saturated rings. The third kappa shape index (κ3) is 2.93. The Morgan fingerprint density at radius 3 is 2.68 bits per heavy atom. The SMILES string of the molecule is CCCOC(=O)c1c(-c2ccc(F)cc2)csc1N. The predicted molar refractivity (Wildman–Crippen MR) is 74.7 cm³/mol. The fourth-order valence-electron chi connectivity index (χ4n) is 1.69. The van der Waals surface area contributed by atoms with E-state index in [1.807, 2.05) is 6.92 Å². The average molecular weight is 279 g/mol. The highest BCUT2D eigenvalue weighted by molar-refractivity contribution is 7.14. The Morgan fingerprint density at radius 1 is 1.37 bits per heavy atom. The Kier molecular flexibility index (Phi) is 4.16. The van der Waals surface area contributed by atoms with Crippen LogP contribution in [-0.4, -0.2) is 12.6 Å². The highest BCUT2D eigenvalue weighted by atomic mass is 32.1. The van der Waals surface area contributed by atoms with Crippen LogP contribution >= 0.6 is 11.3 Å². The first-order valence-corrected chi connectivity index (χ1v) is 6.81. The van der Waals surface area contributed by atoms with E-state index in [2.05, 4.69) is 0 Å². The molecular weight excluding hydrogens is 265 g/mol. The fraction of sp³-hybridized carbons (Fsp3) is 0.214. The Hall–Kier alpha value is -1.88. The minimum absolute atomic E-state index is 0.318. The minimum atomic E-state index is -0.431. The van der Waals surface area contributed by atoms with Crippen molar-refractivity contribution in [1.29, 1.82) is 0 Å². The Balaban J connectivity index is 2.37. The molecule has 0 aliphatic carbocycles. The lowest BCUT2D eigenvalue weighted by atomic mass is 10.0. The Labute approximate surface area is 114 Å². The van der Waals surface area contributed by atoms with Crippen molar-refractivity contribution in [2.75, 3.05) is 12.3 Å². The highest BCUT2D eigenvalue weighted by Crippen LogP contribution is 2.34. The van der Waals surface area contributed by atoms with Crippen molar-refractivity contribution in [1.82, 2.24) is 0 Å². The van der Waals surface area contributed by atoms with E-state index < -0.39 is 5.97 Å². The number of ether oxygens (including phenoxy) is 1. The molecule has 2 N–H and O–H groups in total. The lowest BCUT2D eigenvalue weighted by Crippen LogP contribution is -2.08. The van der Waals surface area contributed by atoms with Crippen LogP contribution in [0.4, 0.5) is 9.39 Å². The van der Waals surface area contributed by atoms with Crippen LogP contribution in [0.15, 0.2) is 29.6 Å². The predicted octanol–water partition coefficient (Wildman–Crippen LogP) is 3.70. The smallest absolute Gasteiger partial charge is 0.341 e. The van der Waals surface area contributed by atoms with E-state index in [1.54, 1.807) is 17.5 Å². The van der Waals surface area contributed by atoms with Gasteiger partial charge in [0.05, 0.1) is 6.61 Å². The van der Waals surface area contributed by atoms with Crippen LogP contribution < -0.4 is 5.73 Å². The summed E-state index contributed by atoms with van der Waals surface area (Å²) in [5, 5.41) is 2.20. The molecule has 1 heterocycles. The van der Waals surface area contributed by atoms with Gasteiger partial charge in [-0.1, -0.05) is 19.1 Å². The molecule has 0 saturated carbocycles.